The number of amides is 1. The third-order valence-electron chi connectivity index (χ3n) is 3.70. The molecule has 0 spiro atoms. The summed E-state index contributed by atoms with van der Waals surface area (Å²) in [6, 6.07) is 17.0. The number of hydrogen-bond donors (Lipinski definition) is 1. The fourth-order valence-electron chi connectivity index (χ4n) is 2.39. The van der Waals surface area contributed by atoms with Gasteiger partial charge >= 0.3 is 0 Å². The molecule has 1 amide bonds. The van der Waals surface area contributed by atoms with Gasteiger partial charge in [0.25, 0.3) is 0 Å². The summed E-state index contributed by atoms with van der Waals surface area (Å²) in [6.45, 7) is 4.61. The maximum atomic E-state index is 12.3. The Labute approximate surface area is 176 Å². The summed E-state index contributed by atoms with van der Waals surface area (Å²) in [7, 11) is 0. The summed E-state index contributed by atoms with van der Waals surface area (Å²) in [5.74, 6) is 1.54. The summed E-state index contributed by atoms with van der Waals surface area (Å²) in [6.07, 6.45) is 1.76. The zero-order chi connectivity index (χ0) is 19.8. The molecule has 1 N–H and O–H groups in total. The molecular weight excluding hydrogens is 440 g/mol. The lowest BCUT2D eigenvalue weighted by molar-refractivity contribution is -0.113. The quantitative estimate of drug-likeness (QED) is 0.376. The van der Waals surface area contributed by atoms with E-state index in [4.69, 9.17) is 4.74 Å². The Bertz CT molecular complexity index is 946. The maximum Gasteiger partial charge on any atom is 0.234 e. The van der Waals surface area contributed by atoms with Gasteiger partial charge in [0.05, 0.1) is 11.4 Å². The predicted octanol–water partition coefficient (Wildman–Crippen LogP) is 4.54. The topological polar surface area (TPSA) is 69.0 Å². The monoisotopic (exact) mass is 458 g/mol. The average Bonchev–Trinajstić information content (AvgIpc) is 3.09. The zero-order valence-electron chi connectivity index (χ0n) is 15.0. The van der Waals surface area contributed by atoms with E-state index < -0.39 is 0 Å². The molecule has 0 unspecified atom stereocenters. The van der Waals surface area contributed by atoms with Gasteiger partial charge in [-0.15, -0.1) is 16.8 Å². The van der Waals surface area contributed by atoms with Gasteiger partial charge in [-0.3, -0.25) is 9.36 Å². The predicted molar refractivity (Wildman–Crippen MR) is 114 cm³/mol. The molecule has 144 valence electrons. The number of aromatic nitrogens is 3. The first-order valence-corrected chi connectivity index (χ1v) is 10.3. The second-order valence-corrected chi connectivity index (χ2v) is 7.51. The molecule has 0 aliphatic rings. The van der Waals surface area contributed by atoms with E-state index in [-0.39, 0.29) is 18.3 Å². The van der Waals surface area contributed by atoms with Crippen LogP contribution in [0.2, 0.25) is 0 Å². The van der Waals surface area contributed by atoms with E-state index in [1.165, 1.54) is 11.8 Å². The van der Waals surface area contributed by atoms with Crippen molar-refractivity contribution in [2.75, 3.05) is 11.1 Å². The Hall–Kier alpha value is -2.58. The minimum atomic E-state index is -0.118. The Kier molecular flexibility index (Phi) is 7.27. The van der Waals surface area contributed by atoms with Gasteiger partial charge in [-0.05, 0) is 40.2 Å². The van der Waals surface area contributed by atoms with Gasteiger partial charge in [-0.1, -0.05) is 48.2 Å². The van der Waals surface area contributed by atoms with Gasteiger partial charge in [0.15, 0.2) is 11.0 Å². The highest BCUT2D eigenvalue weighted by Crippen LogP contribution is 2.23. The molecule has 0 aliphatic heterocycles. The van der Waals surface area contributed by atoms with E-state index in [1.807, 2.05) is 59.2 Å². The average molecular weight is 459 g/mol. The molecular formula is C20H19BrN4O2S. The number of halogens is 1. The number of anilines is 1. The van der Waals surface area contributed by atoms with Crippen LogP contribution in [0.1, 0.15) is 5.82 Å². The van der Waals surface area contributed by atoms with Crippen LogP contribution in [0.15, 0.2) is 76.9 Å². The van der Waals surface area contributed by atoms with Crippen molar-refractivity contribution in [2.45, 2.75) is 18.3 Å². The molecule has 0 fully saturated rings. The number of thioether (sulfide) groups is 1. The van der Waals surface area contributed by atoms with E-state index in [0.29, 0.717) is 17.5 Å². The number of allylic oxidation sites excluding steroid dienone is 1. The van der Waals surface area contributed by atoms with Crippen LogP contribution in [-0.2, 0) is 17.9 Å². The Morgan fingerprint density at radius 3 is 2.68 bits per heavy atom. The molecule has 3 aromatic rings. The Morgan fingerprint density at radius 1 is 1.18 bits per heavy atom. The van der Waals surface area contributed by atoms with Crippen LogP contribution in [0.3, 0.4) is 0 Å². The van der Waals surface area contributed by atoms with E-state index in [1.54, 1.807) is 6.08 Å². The summed E-state index contributed by atoms with van der Waals surface area (Å²) >= 11 is 4.74. The van der Waals surface area contributed by atoms with Crippen LogP contribution < -0.4 is 10.1 Å². The largest absolute Gasteiger partial charge is 0.486 e. The lowest BCUT2D eigenvalue weighted by Crippen LogP contribution is -2.15. The maximum absolute atomic E-state index is 12.3. The number of carbonyl (C=O) groups excluding carboxylic acids is 1. The van der Waals surface area contributed by atoms with Crippen molar-refractivity contribution in [1.82, 2.24) is 14.8 Å². The molecule has 28 heavy (non-hydrogen) atoms. The number of rotatable bonds is 9. The van der Waals surface area contributed by atoms with E-state index >= 15 is 0 Å². The van der Waals surface area contributed by atoms with Gasteiger partial charge in [0, 0.05) is 11.0 Å². The van der Waals surface area contributed by atoms with Crippen molar-refractivity contribution in [2.24, 2.45) is 0 Å². The fraction of sp³-hybridized carbons (Fsp3) is 0.150. The molecule has 0 saturated heterocycles. The SMILES string of the molecule is C=CCn1c(COc2ccccc2)nnc1SCC(=O)Nc1ccccc1Br. The van der Waals surface area contributed by atoms with Crippen LogP contribution in [0.4, 0.5) is 5.69 Å². The molecule has 0 saturated carbocycles. The van der Waals surface area contributed by atoms with Crippen molar-refractivity contribution in [3.63, 3.8) is 0 Å². The van der Waals surface area contributed by atoms with Crippen LogP contribution in [0, 0.1) is 0 Å². The molecule has 1 heterocycles. The molecule has 0 aliphatic carbocycles. The number of benzene rings is 2. The van der Waals surface area contributed by atoms with Gasteiger partial charge in [0.1, 0.15) is 12.4 Å². The van der Waals surface area contributed by atoms with Crippen molar-refractivity contribution in [3.8, 4) is 5.75 Å². The fourth-order valence-corrected chi connectivity index (χ4v) is 3.54. The van der Waals surface area contributed by atoms with Crippen LogP contribution >= 0.6 is 27.7 Å². The second-order valence-electron chi connectivity index (χ2n) is 5.72. The molecule has 0 bridgehead atoms. The smallest absolute Gasteiger partial charge is 0.234 e. The third kappa shape index (κ3) is 5.46. The highest BCUT2D eigenvalue weighted by Gasteiger charge is 2.14. The summed E-state index contributed by atoms with van der Waals surface area (Å²) in [5, 5.41) is 11.9. The van der Waals surface area contributed by atoms with Crippen molar-refractivity contribution < 1.29 is 9.53 Å². The van der Waals surface area contributed by atoms with Gasteiger partial charge in [-0.25, -0.2) is 0 Å². The number of ether oxygens (including phenoxy) is 1. The summed E-state index contributed by atoms with van der Waals surface area (Å²) in [4.78, 5) is 12.3. The van der Waals surface area contributed by atoms with E-state index in [0.717, 1.165) is 15.9 Å². The van der Waals surface area contributed by atoms with Crippen LogP contribution in [0.5, 0.6) is 5.75 Å². The van der Waals surface area contributed by atoms with Gasteiger partial charge < -0.3 is 10.1 Å². The summed E-state index contributed by atoms with van der Waals surface area (Å²) in [5.41, 5.74) is 0.734. The third-order valence-corrected chi connectivity index (χ3v) is 5.35. The van der Waals surface area contributed by atoms with Gasteiger partial charge in [0.2, 0.25) is 5.91 Å². The number of nitrogens with one attached hydrogen (secondary N) is 1. The van der Waals surface area contributed by atoms with E-state index in [9.17, 15) is 4.79 Å². The zero-order valence-corrected chi connectivity index (χ0v) is 17.4. The summed E-state index contributed by atoms with van der Waals surface area (Å²) < 4.78 is 8.49. The molecule has 2 aromatic carbocycles. The van der Waals surface area contributed by atoms with Crippen molar-refractivity contribution in [1.29, 1.82) is 0 Å². The normalized spacial score (nSPS) is 10.5. The van der Waals surface area contributed by atoms with Gasteiger partial charge in [-0.2, -0.15) is 0 Å². The number of nitrogens with zero attached hydrogens (tertiary/aromatic N) is 3. The number of para-hydroxylation sites is 2. The Morgan fingerprint density at radius 2 is 1.93 bits per heavy atom. The first-order chi connectivity index (χ1) is 13.7. The van der Waals surface area contributed by atoms with Crippen LogP contribution in [-0.4, -0.2) is 26.4 Å². The standard InChI is InChI=1S/C20H19BrN4O2S/c1-2-12-25-18(13-27-15-8-4-3-5-9-15)23-24-20(25)28-14-19(26)22-17-11-7-6-10-16(17)21/h2-11H,1,12-14H2,(H,22,26). The highest BCUT2D eigenvalue weighted by atomic mass is 79.9. The minimum absolute atomic E-state index is 0.118. The van der Waals surface area contributed by atoms with E-state index in [2.05, 4.69) is 38.0 Å². The van der Waals surface area contributed by atoms with Crippen LogP contribution in [0.25, 0.3) is 0 Å². The molecule has 6 nitrogen and oxygen atoms in total. The first-order valence-electron chi connectivity index (χ1n) is 8.55. The molecule has 8 heteroatoms. The lowest BCUT2D eigenvalue weighted by atomic mass is 10.3. The van der Waals surface area contributed by atoms with Crippen molar-refractivity contribution in [3.05, 3.63) is 77.5 Å². The molecule has 1 aromatic heterocycles. The minimum Gasteiger partial charge on any atom is -0.486 e. The molecule has 0 radical (unpaired) electrons. The molecule has 0 atom stereocenters. The number of hydrogen-bond acceptors (Lipinski definition) is 5. The highest BCUT2D eigenvalue weighted by molar-refractivity contribution is 9.10. The Balaban J connectivity index is 1.61. The molecule has 3 rings (SSSR count). The number of carbonyl (C=O) groups is 1. The lowest BCUT2D eigenvalue weighted by Gasteiger charge is -2.09. The van der Waals surface area contributed by atoms with Crippen molar-refractivity contribution >= 4 is 39.3 Å². The second kappa shape index (κ2) is 10.1. The first kappa shape index (κ1) is 20.2.